The van der Waals surface area contributed by atoms with Gasteiger partial charge in [0.25, 0.3) is 0 Å². The van der Waals surface area contributed by atoms with Crippen LogP contribution >= 0.6 is 11.5 Å². The van der Waals surface area contributed by atoms with Gasteiger partial charge in [-0.05, 0) is 67.3 Å². The Bertz CT molecular complexity index is 1330. The van der Waals surface area contributed by atoms with Crippen molar-refractivity contribution >= 4 is 33.0 Å². The minimum Gasteiger partial charge on any atom is -0.475 e. The maximum atomic E-state index is 14.5. The normalized spacial score (nSPS) is 13.9. The van der Waals surface area contributed by atoms with Crippen LogP contribution < -0.4 is 5.32 Å². The highest BCUT2D eigenvalue weighted by atomic mass is 32.2. The lowest BCUT2D eigenvalue weighted by atomic mass is 10.0. The average molecular weight is 561 g/mol. The smallest absolute Gasteiger partial charge is 0.475 e. The summed E-state index contributed by atoms with van der Waals surface area (Å²) < 4.78 is 75.5. The first-order valence-corrected chi connectivity index (χ1v) is 13.5. The Morgan fingerprint density at radius 3 is 2.49 bits per heavy atom. The van der Waals surface area contributed by atoms with E-state index in [1.54, 1.807) is 23.6 Å². The monoisotopic (exact) mass is 560 g/mol. The molecule has 2 N–H and O–H groups in total. The summed E-state index contributed by atoms with van der Waals surface area (Å²) in [5, 5.41) is 12.1. The van der Waals surface area contributed by atoms with Crippen LogP contribution in [0, 0.1) is 12.7 Å². The van der Waals surface area contributed by atoms with E-state index in [4.69, 9.17) is 9.90 Å². The highest BCUT2D eigenvalue weighted by molar-refractivity contribution is 7.90. The van der Waals surface area contributed by atoms with Crippen molar-refractivity contribution in [2.75, 3.05) is 18.4 Å². The van der Waals surface area contributed by atoms with Crippen molar-refractivity contribution in [1.82, 2.24) is 14.3 Å². The topological polar surface area (TPSA) is 112 Å². The molecule has 0 saturated carbocycles. The highest BCUT2D eigenvalue weighted by Crippen LogP contribution is 2.23. The van der Waals surface area contributed by atoms with Gasteiger partial charge < -0.3 is 10.4 Å². The van der Waals surface area contributed by atoms with E-state index in [1.807, 2.05) is 13.0 Å². The van der Waals surface area contributed by atoms with Crippen LogP contribution in [0.25, 0.3) is 0 Å². The molecule has 200 valence electrons. The Labute approximate surface area is 215 Å². The molecule has 0 unspecified atom stereocenters. The number of hydrogen-bond acceptors (Lipinski definition) is 8. The first kappa shape index (κ1) is 28.5. The number of nitrogens with one attached hydrogen (secondary N) is 1. The molecule has 14 heteroatoms. The number of aromatic nitrogens is 2. The number of likely N-dealkylation sites (tertiary alicyclic amines) is 1. The first-order valence-electron chi connectivity index (χ1n) is 11.0. The van der Waals surface area contributed by atoms with Gasteiger partial charge in [-0.2, -0.15) is 17.5 Å². The number of aryl methyl sites for hydroxylation is 1. The Balaban J connectivity index is 0.000000479. The molecule has 1 aromatic carbocycles. The molecule has 1 aliphatic heterocycles. The van der Waals surface area contributed by atoms with Crippen LogP contribution in [0.5, 0.6) is 0 Å². The van der Waals surface area contributed by atoms with E-state index < -0.39 is 22.0 Å². The summed E-state index contributed by atoms with van der Waals surface area (Å²) in [4.78, 5) is 15.3. The number of alkyl halides is 3. The number of halogens is 4. The van der Waals surface area contributed by atoms with Crippen LogP contribution in [-0.4, -0.2) is 53.0 Å². The fourth-order valence-corrected chi connectivity index (χ4v) is 5.27. The van der Waals surface area contributed by atoms with E-state index in [2.05, 4.69) is 19.6 Å². The van der Waals surface area contributed by atoms with E-state index in [0.717, 1.165) is 30.8 Å². The van der Waals surface area contributed by atoms with E-state index in [-0.39, 0.29) is 16.6 Å². The number of pyridine rings is 1. The Kier molecular flexibility index (Phi) is 9.21. The van der Waals surface area contributed by atoms with Crippen LogP contribution in [0.3, 0.4) is 0 Å². The third-order valence-corrected chi connectivity index (χ3v) is 7.62. The fourth-order valence-electron chi connectivity index (χ4n) is 3.38. The molecule has 0 aliphatic carbocycles. The molecule has 3 heterocycles. The lowest BCUT2D eigenvalue weighted by Crippen LogP contribution is -2.36. The summed E-state index contributed by atoms with van der Waals surface area (Å²) >= 11 is 1.22. The minimum absolute atomic E-state index is 0.0166. The molecule has 0 atom stereocenters. The minimum atomic E-state index is -5.08. The molecule has 1 saturated heterocycles. The molecule has 0 spiro atoms. The molecular weight excluding hydrogens is 536 g/mol. The second kappa shape index (κ2) is 12.0. The van der Waals surface area contributed by atoms with E-state index in [1.165, 1.54) is 30.2 Å². The summed E-state index contributed by atoms with van der Waals surface area (Å²) in [5.41, 5.74) is 3.53. The largest absolute Gasteiger partial charge is 0.490 e. The Morgan fingerprint density at radius 1 is 1.24 bits per heavy atom. The lowest BCUT2D eigenvalue weighted by molar-refractivity contribution is -0.192. The maximum Gasteiger partial charge on any atom is 0.490 e. The summed E-state index contributed by atoms with van der Waals surface area (Å²) in [6.07, 6.45) is -2.40. The van der Waals surface area contributed by atoms with Gasteiger partial charge in [-0.25, -0.2) is 22.6 Å². The van der Waals surface area contributed by atoms with Crippen LogP contribution in [0.1, 0.15) is 28.8 Å². The molecule has 0 bridgehead atoms. The van der Waals surface area contributed by atoms with Gasteiger partial charge in [-0.3, -0.25) is 4.90 Å². The second-order valence-electron chi connectivity index (χ2n) is 8.25. The molecular formula is C23H24F4N4O4S2. The van der Waals surface area contributed by atoms with E-state index in [0.29, 0.717) is 23.5 Å². The first-order chi connectivity index (χ1) is 17.4. The van der Waals surface area contributed by atoms with Gasteiger partial charge in [0.1, 0.15) is 5.82 Å². The number of carboxylic acid groups (broad SMARTS) is 1. The molecule has 8 nitrogen and oxygen atoms in total. The zero-order valence-electron chi connectivity index (χ0n) is 19.6. The third kappa shape index (κ3) is 7.94. The third-order valence-electron chi connectivity index (χ3n) is 5.49. The van der Waals surface area contributed by atoms with E-state index >= 15 is 0 Å². The summed E-state index contributed by atoms with van der Waals surface area (Å²) in [5.74, 6) is -3.17. The second-order valence-corrected chi connectivity index (χ2v) is 10.9. The van der Waals surface area contributed by atoms with Crippen molar-refractivity contribution in [2.24, 2.45) is 0 Å². The number of anilines is 1. The molecule has 1 aliphatic rings. The van der Waals surface area contributed by atoms with Gasteiger partial charge in [-0.15, -0.1) is 0 Å². The van der Waals surface area contributed by atoms with Crippen LogP contribution in [0.4, 0.5) is 23.2 Å². The number of nitrogens with zero attached hydrogens (tertiary/aromatic N) is 3. The number of carbonyl (C=O) groups is 1. The standard InChI is InChI=1S/C21H23FN4O2S2.C2HF3O2/c1-15-10-21(30(27,28)14-17-6-9-29-25-17)24-12-20(15)23-11-18-16(4-2-5-19(18)22)13-26-7-3-8-26;3-2(4,5)1(6)7/h2,4-6,9-10,12,23H,3,7-8,11,13-14H2,1H3;(H,6,7). The lowest BCUT2D eigenvalue weighted by Gasteiger charge is -2.31. The molecule has 37 heavy (non-hydrogen) atoms. The van der Waals surface area contributed by atoms with Crippen molar-refractivity contribution < 1.29 is 35.9 Å². The number of sulfone groups is 1. The number of hydrogen-bond donors (Lipinski definition) is 2. The molecule has 4 rings (SSSR count). The molecule has 0 amide bonds. The number of benzene rings is 1. The molecule has 1 fully saturated rings. The predicted octanol–water partition coefficient (Wildman–Crippen LogP) is 4.41. The van der Waals surface area contributed by atoms with Gasteiger partial charge in [0.15, 0.2) is 5.03 Å². The summed E-state index contributed by atoms with van der Waals surface area (Å²) in [6.45, 7) is 4.95. The maximum absolute atomic E-state index is 14.5. The number of aliphatic carboxylic acids is 1. The average Bonchev–Trinajstić information content (AvgIpc) is 3.28. The van der Waals surface area contributed by atoms with Gasteiger partial charge >= 0.3 is 12.1 Å². The van der Waals surface area contributed by atoms with Gasteiger partial charge in [0.05, 0.1) is 23.3 Å². The van der Waals surface area contributed by atoms with Crippen molar-refractivity contribution in [3.8, 4) is 0 Å². The van der Waals surface area contributed by atoms with Gasteiger partial charge in [0.2, 0.25) is 9.84 Å². The fraction of sp³-hybridized carbons (Fsp3) is 0.348. The van der Waals surface area contributed by atoms with Crippen LogP contribution in [0.15, 0.2) is 46.9 Å². The quantitative estimate of drug-likeness (QED) is 0.390. The SMILES string of the molecule is Cc1cc(S(=O)(=O)Cc2ccsn2)ncc1NCc1c(F)cccc1CN1CCC1.O=C(O)C(F)(F)F. The number of carboxylic acids is 1. The van der Waals surface area contributed by atoms with Crippen LogP contribution in [-0.2, 0) is 33.5 Å². The van der Waals surface area contributed by atoms with Crippen molar-refractivity contribution in [3.05, 3.63) is 70.1 Å². The number of rotatable bonds is 8. The highest BCUT2D eigenvalue weighted by Gasteiger charge is 2.38. The van der Waals surface area contributed by atoms with Gasteiger partial charge in [-0.1, -0.05) is 12.1 Å². The van der Waals surface area contributed by atoms with E-state index in [9.17, 15) is 26.0 Å². The van der Waals surface area contributed by atoms with Crippen molar-refractivity contribution in [3.63, 3.8) is 0 Å². The van der Waals surface area contributed by atoms with Crippen LogP contribution in [0.2, 0.25) is 0 Å². The molecule has 2 aromatic heterocycles. The zero-order valence-corrected chi connectivity index (χ0v) is 21.3. The molecule has 3 aromatic rings. The zero-order chi connectivity index (χ0) is 27.2. The summed E-state index contributed by atoms with van der Waals surface area (Å²) in [6, 6.07) is 8.40. The molecule has 0 radical (unpaired) electrons. The Hall–Kier alpha value is -3.10. The van der Waals surface area contributed by atoms with Crippen molar-refractivity contribution in [1.29, 1.82) is 0 Å². The predicted molar refractivity (Wildman–Crippen MR) is 129 cm³/mol. The summed E-state index contributed by atoms with van der Waals surface area (Å²) in [7, 11) is -3.57. The van der Waals surface area contributed by atoms with Crippen molar-refractivity contribution in [2.45, 2.75) is 43.4 Å². The van der Waals surface area contributed by atoms with Gasteiger partial charge in [0, 0.05) is 24.0 Å². The Morgan fingerprint density at radius 2 is 1.95 bits per heavy atom.